The molecule has 2 aliphatic heterocycles. The van der Waals surface area contributed by atoms with Gasteiger partial charge in [-0.25, -0.2) is 42.7 Å². The molecule has 36 nitrogen and oxygen atoms in total. The zero-order valence-electron chi connectivity index (χ0n) is 75.1. The van der Waals surface area contributed by atoms with Crippen LogP contribution in [-0.4, -0.2) is 225 Å². The fourth-order valence-corrected chi connectivity index (χ4v) is 12.5. The highest BCUT2D eigenvalue weighted by Crippen LogP contribution is 2.32. The van der Waals surface area contributed by atoms with Crippen LogP contribution in [-0.2, 0) is 87.3 Å². The zero-order chi connectivity index (χ0) is 95.6. The van der Waals surface area contributed by atoms with E-state index in [2.05, 4.69) is 93.8 Å². The van der Waals surface area contributed by atoms with E-state index < -0.39 is 22.1 Å². The lowest BCUT2D eigenvalue weighted by Crippen LogP contribution is -2.29. The number of ether oxygens (including phenoxy) is 9. The average molecular weight is 1890 g/mol. The van der Waals surface area contributed by atoms with Gasteiger partial charge >= 0.3 is 42.9 Å². The predicted molar refractivity (Wildman–Crippen MR) is 506 cm³/mol. The van der Waals surface area contributed by atoms with Crippen molar-refractivity contribution < 1.29 is 99.8 Å². The topological polar surface area (TPSA) is 490 Å². The van der Waals surface area contributed by atoms with E-state index in [0.717, 1.165) is 100 Å². The summed E-state index contributed by atoms with van der Waals surface area (Å²) in [5.74, 6) is -0.764. The number of halogens is 2. The van der Waals surface area contributed by atoms with E-state index in [1.54, 1.807) is 160 Å². The lowest BCUT2D eigenvalue weighted by molar-refractivity contribution is -0.144. The van der Waals surface area contributed by atoms with Crippen LogP contribution in [0.2, 0.25) is 0 Å². The summed E-state index contributed by atoms with van der Waals surface area (Å²) in [6.07, 6.45) is 42.6. The molecule has 0 radical (unpaired) electrons. The first kappa shape index (κ1) is 113. The number of aldehydes is 1. The number of aromatic nitrogens is 13. The standard InChI is InChI=1S/C24H28N4O3.C15H18N2O3.C14H17N3O3.C9H11NO2.C8H10N2O2.C7H7ClO2S.C6H8BNO3.C5H8O2.C4H4N2O.CH4.ClH/c1-31-23-11-9-18(14-25-23)21(13-24(29)30)19-15-26-28(16-19)12-4-6-20-10-8-17-5-2-3-7-22(17)27-20;1-3-20-15(18)8-13(12-6-7-16-9-12)11-4-5-14(19-2)17-10-11;1-3-20-14(18)6-12(11-8-16-17-9-11)10-4-5-13(19-2)15-7-10;1-2-12-9(11)4-3-8-5-6-10-7-8;1-2-12-8(11)4-3-7-5-9-10-6-7;1-6-2-4-7(5-3-6)11(8,9)10;1-11-6-3-2-5(4-8-6)7(9)10;1-3-5(6)7-4-2;7-3-4-1-5-6-2-4;;/h8-11,14-16,21H,2-7,12-13H2,1H3,(H,29,30);4-6,9-10,13H,3,7-8H2,1-2H3;4-5,7-9,12H,3,6H2,1-2H3,(H,16,17);3-5,7H,2,6H2,1H3;3-6H,2H2,1H3,(H,9,10);2-5H,1H3;2-4,9-10H,1H3;3H,1,4H2,2H3;1-3H,(H,5,6);1H4;1H/b;;;2*4-3+;;;;;;. The van der Waals surface area contributed by atoms with E-state index in [4.69, 9.17) is 58.9 Å². The number of rotatable bonds is 33. The molecule has 6 N–H and O–H groups in total. The van der Waals surface area contributed by atoms with Crippen molar-refractivity contribution in [1.82, 2.24) is 65.3 Å². The van der Waals surface area contributed by atoms with Gasteiger partial charge in [-0.05, 0) is 161 Å². The van der Waals surface area contributed by atoms with E-state index in [0.29, 0.717) is 87.1 Å². The number of carboxylic acid groups (broad SMARTS) is 1. The fraction of sp³-hybridized carbons (Fsp3) is 0.333. The number of hydrogen-bond acceptors (Lipinski definition) is 31. The third-order valence-corrected chi connectivity index (χ3v) is 19.6. The van der Waals surface area contributed by atoms with Gasteiger partial charge in [-0.2, -0.15) is 20.4 Å². The number of aliphatic carboxylic acids is 1. The summed E-state index contributed by atoms with van der Waals surface area (Å²) in [6.45, 7) is 18.1. The van der Waals surface area contributed by atoms with Crippen molar-refractivity contribution in [1.29, 1.82) is 0 Å². The Morgan fingerprint density at radius 3 is 1.49 bits per heavy atom. The molecule has 0 saturated carbocycles. The van der Waals surface area contributed by atoms with Crippen LogP contribution in [0.5, 0.6) is 23.5 Å². The molecular weight excluding hydrogens is 1780 g/mol. The summed E-state index contributed by atoms with van der Waals surface area (Å²) in [5, 5.41) is 50.3. The van der Waals surface area contributed by atoms with Crippen molar-refractivity contribution in [2.75, 3.05) is 74.6 Å². The molecule has 0 fully saturated rings. The van der Waals surface area contributed by atoms with Crippen LogP contribution in [0.3, 0.4) is 0 Å². The van der Waals surface area contributed by atoms with Crippen LogP contribution in [0, 0.1) is 6.92 Å². The molecule has 10 aromatic rings. The van der Waals surface area contributed by atoms with Crippen molar-refractivity contribution in [2.45, 2.75) is 136 Å². The van der Waals surface area contributed by atoms with Crippen molar-refractivity contribution in [2.24, 2.45) is 9.98 Å². The summed E-state index contributed by atoms with van der Waals surface area (Å²) in [5.41, 5.74) is 13.1. The van der Waals surface area contributed by atoms with Gasteiger partial charge in [-0.1, -0.05) is 74.2 Å². The zero-order valence-corrected chi connectivity index (χ0v) is 77.5. The number of esters is 5. The van der Waals surface area contributed by atoms with E-state index in [-0.39, 0.29) is 85.2 Å². The normalized spacial score (nSPS) is 12.2. The maximum absolute atomic E-state index is 11.8. The molecule has 3 aliphatic rings. The Balaban J connectivity index is 0.000000401. The molecule has 1 aromatic carbocycles. The first-order valence-corrected chi connectivity index (χ1v) is 43.8. The van der Waals surface area contributed by atoms with Gasteiger partial charge in [-0.15, -0.1) is 12.4 Å². The maximum Gasteiger partial charge on any atom is 0.490 e. The van der Waals surface area contributed by atoms with Crippen molar-refractivity contribution in [3.05, 3.63) is 275 Å². The third-order valence-electron chi connectivity index (χ3n) is 18.2. The van der Waals surface area contributed by atoms with Gasteiger partial charge < -0.3 is 57.8 Å². The Bertz CT molecular complexity index is 5380. The van der Waals surface area contributed by atoms with Crippen molar-refractivity contribution in [3.8, 4) is 23.5 Å². The quantitative estimate of drug-likeness (QED) is 0.00555. The first-order chi connectivity index (χ1) is 63.2. The van der Waals surface area contributed by atoms with Crippen LogP contribution in [0.15, 0.2) is 228 Å². The number of benzene rings is 1. The fourth-order valence-electron chi connectivity index (χ4n) is 11.7. The highest BCUT2D eigenvalue weighted by Gasteiger charge is 2.25. The Morgan fingerprint density at radius 2 is 1.05 bits per heavy atom. The summed E-state index contributed by atoms with van der Waals surface area (Å²) in [7, 11) is 6.26. The van der Waals surface area contributed by atoms with E-state index in [1.165, 1.54) is 80.2 Å². The molecular formula is C93H116BCl2N15O21S. The third kappa shape index (κ3) is 44.5. The van der Waals surface area contributed by atoms with Crippen LogP contribution in [0.4, 0.5) is 0 Å². The highest BCUT2D eigenvalue weighted by atomic mass is 35.7. The van der Waals surface area contributed by atoms with E-state index >= 15 is 0 Å². The first-order valence-electron chi connectivity index (χ1n) is 41.4. The minimum absolute atomic E-state index is 0. The number of nitrogens with one attached hydrogen (secondary N) is 3. The minimum atomic E-state index is -3.55. The van der Waals surface area contributed by atoms with E-state index in [1.807, 2.05) is 54.4 Å². The van der Waals surface area contributed by atoms with Gasteiger partial charge in [0.25, 0.3) is 9.05 Å². The number of aryl methyl sites for hydroxylation is 5. The Labute approximate surface area is 784 Å². The van der Waals surface area contributed by atoms with Gasteiger partial charge in [0.15, 0.2) is 6.29 Å². The van der Waals surface area contributed by atoms with Gasteiger partial charge in [0.2, 0.25) is 23.5 Å². The Morgan fingerprint density at radius 1 is 0.556 bits per heavy atom. The molecule has 3 atom stereocenters. The van der Waals surface area contributed by atoms with Gasteiger partial charge in [0.05, 0.1) is 129 Å². The summed E-state index contributed by atoms with van der Waals surface area (Å²) in [4.78, 5) is 106. The molecule has 9 aromatic heterocycles. The number of aliphatic imine (C=N–C) groups is 2. The second-order valence-corrected chi connectivity index (χ2v) is 30.0. The van der Waals surface area contributed by atoms with Gasteiger partial charge in [0.1, 0.15) is 0 Å². The van der Waals surface area contributed by atoms with E-state index in [9.17, 15) is 47.1 Å². The monoisotopic (exact) mass is 1890 g/mol. The molecule has 0 saturated heterocycles. The minimum Gasteiger partial charge on any atom is -0.481 e. The molecule has 11 heterocycles. The van der Waals surface area contributed by atoms with Crippen LogP contribution in [0.1, 0.15) is 165 Å². The second kappa shape index (κ2) is 64.8. The number of carbonyl (C=O) groups is 7. The molecule has 0 amide bonds. The SMILES string of the molecule is C.C=CC(=O)OCC.CCOC(=O)/C=C/C1=CCN=C1.CCOC(=O)/C=C/c1cn[nH]c1.CCOC(=O)CC(C1=CCN=C1)c1ccc(OC)nc1.CCOC(=O)CC(c1ccc(OC)nc1)c1cn[nH]c1.COc1ccc(B(O)O)cn1.COc1ccc(C(CC(=O)O)c2cnn(CCCc3ccc4c(n3)CCCC4)c2)cn1.Cc1ccc(S(=O)(=O)Cl)cc1.Cl.O=Cc1cn[nH]c1. The van der Waals surface area contributed by atoms with Crippen molar-refractivity contribution >= 4 is 105 Å². The number of fused-ring (bicyclic) bond motifs is 1. The average Bonchev–Trinajstić information content (AvgIpc) is 1.71. The lowest BCUT2D eigenvalue weighted by Gasteiger charge is -2.16. The molecule has 40 heteroatoms. The number of carboxylic acids is 1. The Kier molecular flexibility index (Phi) is 55.1. The van der Waals surface area contributed by atoms with Crippen LogP contribution < -0.4 is 24.4 Å². The molecule has 13 rings (SSSR count). The number of methoxy groups -OCH3 is 4. The van der Waals surface area contributed by atoms with Crippen molar-refractivity contribution in [3.63, 3.8) is 0 Å². The number of pyridine rings is 5. The number of hydrogen-bond donors (Lipinski definition) is 6. The number of H-pyrrole nitrogens is 3. The smallest absolute Gasteiger partial charge is 0.481 e. The molecule has 0 bridgehead atoms. The molecule has 3 unspecified atom stereocenters. The number of nitrogens with zero attached hydrogens (tertiary/aromatic N) is 12. The lowest BCUT2D eigenvalue weighted by atomic mass is 9.82. The number of carbonyl (C=O) groups excluding carboxylic acids is 6. The Hall–Kier alpha value is -13.9. The van der Waals surface area contributed by atoms with Gasteiger partial charge in [-0.3, -0.25) is 54.1 Å². The van der Waals surface area contributed by atoms with Crippen LogP contribution >= 0.6 is 23.1 Å². The molecule has 712 valence electrons. The highest BCUT2D eigenvalue weighted by molar-refractivity contribution is 8.13. The molecule has 0 spiro atoms. The second-order valence-electron chi connectivity index (χ2n) is 27.4. The summed E-state index contributed by atoms with van der Waals surface area (Å²) < 4.78 is 67.2. The maximum atomic E-state index is 11.8. The summed E-state index contributed by atoms with van der Waals surface area (Å²) in [6, 6.07) is 24.9. The largest absolute Gasteiger partial charge is 0.490 e. The summed E-state index contributed by atoms with van der Waals surface area (Å²) >= 11 is 0. The number of allylic oxidation sites excluding steroid dienone is 3. The number of aromatic amines is 3. The van der Waals surface area contributed by atoms with Gasteiger partial charge in [0, 0.05) is 156 Å². The predicted octanol–water partition coefficient (Wildman–Crippen LogP) is 12.6. The van der Waals surface area contributed by atoms with Crippen LogP contribution in [0.25, 0.3) is 6.08 Å². The molecule has 1 aliphatic carbocycles. The molecule has 133 heavy (non-hydrogen) atoms.